The number of carbonyl (C=O) groups excluding carboxylic acids is 1. The van der Waals surface area contributed by atoms with Crippen LogP contribution >= 0.6 is 0 Å². The van der Waals surface area contributed by atoms with Crippen LogP contribution in [-0.4, -0.2) is 18.5 Å². The van der Waals surface area contributed by atoms with Gasteiger partial charge in [0.2, 0.25) is 0 Å². The molecular formula is C9H14O2. The van der Waals surface area contributed by atoms with Crippen LogP contribution in [0.2, 0.25) is 0 Å². The third kappa shape index (κ3) is 1.36. The highest BCUT2D eigenvalue weighted by Gasteiger charge is 2.39. The van der Waals surface area contributed by atoms with Gasteiger partial charge in [-0.05, 0) is 31.8 Å². The van der Waals surface area contributed by atoms with Crippen molar-refractivity contribution in [3.63, 3.8) is 0 Å². The first-order valence-electron chi connectivity index (χ1n) is 3.97. The van der Waals surface area contributed by atoms with Gasteiger partial charge in [0.05, 0.1) is 0 Å². The Morgan fingerprint density at radius 1 is 1.55 bits per heavy atom. The fraction of sp³-hybridized carbons (Fsp3) is 0.667. The van der Waals surface area contributed by atoms with E-state index in [4.69, 9.17) is 4.74 Å². The first-order valence-corrected chi connectivity index (χ1v) is 3.97. The van der Waals surface area contributed by atoms with Gasteiger partial charge in [-0.15, -0.1) is 0 Å². The molecule has 0 atom stereocenters. The van der Waals surface area contributed by atoms with Gasteiger partial charge in [-0.3, -0.25) is 4.79 Å². The minimum Gasteiger partial charge on any atom is -0.370 e. The topological polar surface area (TPSA) is 26.3 Å². The standard InChI is InChI=1S/C9H14O2/c1-3-8(10)9(11-2)6-4-5-7-9/h3H,1,4-7H2,2H3. The molecule has 0 saturated heterocycles. The van der Waals surface area contributed by atoms with E-state index < -0.39 is 5.60 Å². The van der Waals surface area contributed by atoms with Crippen molar-refractivity contribution < 1.29 is 9.53 Å². The Morgan fingerprint density at radius 3 is 2.45 bits per heavy atom. The Labute approximate surface area is 67.2 Å². The van der Waals surface area contributed by atoms with Crippen molar-refractivity contribution in [3.8, 4) is 0 Å². The van der Waals surface area contributed by atoms with Gasteiger partial charge >= 0.3 is 0 Å². The van der Waals surface area contributed by atoms with Gasteiger partial charge in [-0.25, -0.2) is 0 Å². The molecule has 0 spiro atoms. The summed E-state index contributed by atoms with van der Waals surface area (Å²) in [5.41, 5.74) is -0.512. The van der Waals surface area contributed by atoms with Gasteiger partial charge in [0, 0.05) is 7.11 Å². The zero-order valence-corrected chi connectivity index (χ0v) is 6.93. The van der Waals surface area contributed by atoms with E-state index in [0.717, 1.165) is 25.7 Å². The van der Waals surface area contributed by atoms with Crippen LogP contribution in [0, 0.1) is 0 Å². The van der Waals surface area contributed by atoms with E-state index >= 15 is 0 Å². The minimum absolute atomic E-state index is 0.0394. The summed E-state index contributed by atoms with van der Waals surface area (Å²) in [6, 6.07) is 0. The third-order valence-corrected chi connectivity index (χ3v) is 2.44. The largest absolute Gasteiger partial charge is 0.370 e. The first kappa shape index (κ1) is 8.47. The van der Waals surface area contributed by atoms with E-state index in [2.05, 4.69) is 6.58 Å². The van der Waals surface area contributed by atoms with Crippen LogP contribution in [0.4, 0.5) is 0 Å². The summed E-state index contributed by atoms with van der Waals surface area (Å²) >= 11 is 0. The molecule has 0 aromatic carbocycles. The molecule has 1 fully saturated rings. The smallest absolute Gasteiger partial charge is 0.186 e. The summed E-state index contributed by atoms with van der Waals surface area (Å²) < 4.78 is 5.23. The van der Waals surface area contributed by atoms with Gasteiger partial charge in [0.25, 0.3) is 0 Å². The predicted molar refractivity (Wildman–Crippen MR) is 43.4 cm³/mol. The molecule has 1 saturated carbocycles. The molecule has 1 rings (SSSR count). The van der Waals surface area contributed by atoms with Crippen LogP contribution in [0.1, 0.15) is 25.7 Å². The van der Waals surface area contributed by atoms with Crippen LogP contribution in [0.25, 0.3) is 0 Å². The summed E-state index contributed by atoms with van der Waals surface area (Å²) in [4.78, 5) is 11.3. The lowest BCUT2D eigenvalue weighted by molar-refractivity contribution is -0.135. The van der Waals surface area contributed by atoms with E-state index in [1.165, 1.54) is 6.08 Å². The third-order valence-electron chi connectivity index (χ3n) is 2.44. The van der Waals surface area contributed by atoms with Crippen molar-refractivity contribution in [1.29, 1.82) is 0 Å². The highest BCUT2D eigenvalue weighted by Crippen LogP contribution is 2.33. The Bertz CT molecular complexity index is 166. The highest BCUT2D eigenvalue weighted by atomic mass is 16.5. The molecule has 1 aliphatic rings. The molecule has 0 bridgehead atoms. The molecule has 0 heterocycles. The number of ether oxygens (including phenoxy) is 1. The molecule has 0 unspecified atom stereocenters. The van der Waals surface area contributed by atoms with Crippen molar-refractivity contribution in [2.45, 2.75) is 31.3 Å². The quantitative estimate of drug-likeness (QED) is 0.578. The highest BCUT2D eigenvalue weighted by molar-refractivity contribution is 5.96. The van der Waals surface area contributed by atoms with Gasteiger partial charge in [-0.2, -0.15) is 0 Å². The molecule has 2 heteroatoms. The number of methoxy groups -OCH3 is 1. The molecule has 11 heavy (non-hydrogen) atoms. The Kier molecular flexibility index (Phi) is 2.45. The van der Waals surface area contributed by atoms with Crippen LogP contribution in [0.15, 0.2) is 12.7 Å². The second-order valence-electron chi connectivity index (χ2n) is 2.97. The Balaban J connectivity index is 2.73. The molecule has 62 valence electrons. The Morgan fingerprint density at radius 2 is 2.09 bits per heavy atom. The average molecular weight is 154 g/mol. The van der Waals surface area contributed by atoms with Crippen molar-refractivity contribution >= 4 is 5.78 Å². The van der Waals surface area contributed by atoms with Crippen LogP contribution < -0.4 is 0 Å². The maximum absolute atomic E-state index is 11.3. The summed E-state index contributed by atoms with van der Waals surface area (Å²) in [5, 5.41) is 0. The minimum atomic E-state index is -0.512. The zero-order valence-electron chi connectivity index (χ0n) is 6.93. The normalized spacial score (nSPS) is 21.5. The summed E-state index contributed by atoms with van der Waals surface area (Å²) in [6.07, 6.45) is 5.26. The van der Waals surface area contributed by atoms with Crippen LogP contribution in [0.5, 0.6) is 0 Å². The number of hydrogen-bond acceptors (Lipinski definition) is 2. The summed E-state index contributed by atoms with van der Waals surface area (Å²) in [7, 11) is 1.60. The first-order chi connectivity index (χ1) is 5.25. The molecule has 0 aliphatic heterocycles. The summed E-state index contributed by atoms with van der Waals surface area (Å²) in [5.74, 6) is 0.0394. The lowest BCUT2D eigenvalue weighted by atomic mass is 9.96. The molecule has 1 aliphatic carbocycles. The molecule has 0 aromatic heterocycles. The van der Waals surface area contributed by atoms with Crippen LogP contribution in [-0.2, 0) is 9.53 Å². The number of hydrogen-bond donors (Lipinski definition) is 0. The number of ketones is 1. The lowest BCUT2D eigenvalue weighted by Gasteiger charge is -2.23. The molecular weight excluding hydrogens is 140 g/mol. The van der Waals surface area contributed by atoms with Crippen molar-refractivity contribution in [1.82, 2.24) is 0 Å². The average Bonchev–Trinajstić information content (AvgIpc) is 2.52. The van der Waals surface area contributed by atoms with Crippen molar-refractivity contribution in [3.05, 3.63) is 12.7 Å². The maximum Gasteiger partial charge on any atom is 0.186 e. The molecule has 0 N–H and O–H groups in total. The van der Waals surface area contributed by atoms with Gasteiger partial charge in [0.1, 0.15) is 5.60 Å². The van der Waals surface area contributed by atoms with Crippen molar-refractivity contribution in [2.75, 3.05) is 7.11 Å². The van der Waals surface area contributed by atoms with Crippen LogP contribution in [0.3, 0.4) is 0 Å². The van der Waals surface area contributed by atoms with E-state index in [9.17, 15) is 4.79 Å². The van der Waals surface area contributed by atoms with Gasteiger partial charge < -0.3 is 4.74 Å². The number of rotatable bonds is 3. The zero-order chi connectivity index (χ0) is 8.32. The second kappa shape index (κ2) is 3.18. The Hall–Kier alpha value is -0.630. The maximum atomic E-state index is 11.3. The lowest BCUT2D eigenvalue weighted by Crippen LogP contribution is -2.36. The van der Waals surface area contributed by atoms with Gasteiger partial charge in [0.15, 0.2) is 5.78 Å². The molecule has 0 aromatic rings. The van der Waals surface area contributed by atoms with E-state index in [-0.39, 0.29) is 5.78 Å². The molecule has 0 amide bonds. The fourth-order valence-corrected chi connectivity index (χ4v) is 1.68. The van der Waals surface area contributed by atoms with Crippen molar-refractivity contribution in [2.24, 2.45) is 0 Å². The fourth-order valence-electron chi connectivity index (χ4n) is 1.68. The monoisotopic (exact) mass is 154 g/mol. The van der Waals surface area contributed by atoms with E-state index in [0.29, 0.717) is 0 Å². The second-order valence-corrected chi connectivity index (χ2v) is 2.97. The SMILES string of the molecule is C=CC(=O)C1(OC)CCCC1. The van der Waals surface area contributed by atoms with E-state index in [1.54, 1.807) is 7.11 Å². The summed E-state index contributed by atoms with van der Waals surface area (Å²) in [6.45, 7) is 3.47. The molecule has 2 nitrogen and oxygen atoms in total. The number of carbonyl (C=O) groups is 1. The van der Waals surface area contributed by atoms with Gasteiger partial charge in [-0.1, -0.05) is 6.58 Å². The van der Waals surface area contributed by atoms with E-state index in [1.807, 2.05) is 0 Å². The predicted octanol–water partition coefficient (Wildman–Crippen LogP) is 1.70. The molecule has 0 radical (unpaired) electrons.